The van der Waals surface area contributed by atoms with E-state index in [4.69, 9.17) is 21.4 Å². The monoisotopic (exact) mass is 809 g/mol. The van der Waals surface area contributed by atoms with E-state index in [1.165, 1.54) is 19.1 Å². The minimum atomic E-state index is -1.15. The van der Waals surface area contributed by atoms with Crippen molar-refractivity contribution >= 4 is 103 Å². The Balaban J connectivity index is 3.57. The lowest BCUT2D eigenvalue weighted by molar-refractivity contribution is -0.119. The summed E-state index contributed by atoms with van der Waals surface area (Å²) in [6, 6.07) is 0. The highest BCUT2D eigenvalue weighted by Crippen LogP contribution is 2.36. The molecule has 10 nitrogen and oxygen atoms in total. The summed E-state index contributed by atoms with van der Waals surface area (Å²) in [5.41, 5.74) is 0.548. The van der Waals surface area contributed by atoms with E-state index in [1.54, 1.807) is 0 Å². The van der Waals surface area contributed by atoms with Crippen molar-refractivity contribution in [1.82, 2.24) is 10.2 Å². The largest absolute Gasteiger partial charge is 0.394 e. The van der Waals surface area contributed by atoms with Gasteiger partial charge in [-0.25, -0.2) is 0 Å². The molecule has 0 heterocycles. The number of rotatable bonds is 11. The normalized spacial score (nSPS) is 12.8. The fourth-order valence-electron chi connectivity index (χ4n) is 2.47. The van der Waals surface area contributed by atoms with Gasteiger partial charge in [0.15, 0.2) is 0 Å². The van der Waals surface area contributed by atoms with Crippen LogP contribution in [0.15, 0.2) is 0 Å². The van der Waals surface area contributed by atoms with Gasteiger partial charge >= 0.3 is 0 Å². The van der Waals surface area contributed by atoms with Crippen LogP contribution in [0.3, 0.4) is 0 Å². The quantitative estimate of drug-likeness (QED) is 0.165. The van der Waals surface area contributed by atoms with Gasteiger partial charge in [-0.15, -0.1) is 11.6 Å². The molecule has 180 valence electrons. The molecule has 5 N–H and O–H groups in total. The molecule has 0 aliphatic heterocycles. The molecule has 0 fully saturated rings. The number of hydrogen-bond acceptors (Lipinski definition) is 7. The second kappa shape index (κ2) is 14.4. The van der Waals surface area contributed by atoms with Gasteiger partial charge in [-0.3, -0.25) is 14.4 Å². The average Bonchev–Trinajstić information content (AvgIpc) is 2.74. The maximum Gasteiger partial charge on any atom is 0.255 e. The molecule has 3 amide bonds. The zero-order valence-electron chi connectivity index (χ0n) is 17.1. The van der Waals surface area contributed by atoms with E-state index < -0.39 is 36.5 Å². The van der Waals surface area contributed by atoms with Crippen LogP contribution in [0.25, 0.3) is 0 Å². The summed E-state index contributed by atoms with van der Waals surface area (Å²) in [6.45, 7) is -0.996. The number of likely N-dealkylation sites (N-methyl/N-ethyl adjacent to an activating group) is 1. The zero-order chi connectivity index (χ0) is 24.6. The van der Waals surface area contributed by atoms with E-state index in [2.05, 4.69) is 10.6 Å². The number of methoxy groups -OCH3 is 1. The van der Waals surface area contributed by atoms with Gasteiger partial charge in [0, 0.05) is 30.8 Å². The van der Waals surface area contributed by atoms with Gasteiger partial charge in [0.1, 0.15) is 6.61 Å². The van der Waals surface area contributed by atoms with Crippen molar-refractivity contribution in [1.29, 1.82) is 0 Å². The van der Waals surface area contributed by atoms with Crippen molar-refractivity contribution in [3.8, 4) is 0 Å². The fraction of sp³-hybridized carbons (Fsp3) is 0.500. The Morgan fingerprint density at radius 3 is 2.22 bits per heavy atom. The predicted octanol–water partition coefficient (Wildman–Crippen LogP) is 0.840. The van der Waals surface area contributed by atoms with Crippen LogP contribution in [0, 0.1) is 10.7 Å². The van der Waals surface area contributed by atoms with Gasteiger partial charge in [0.25, 0.3) is 11.8 Å². The van der Waals surface area contributed by atoms with Crippen molar-refractivity contribution in [3.05, 3.63) is 21.8 Å². The van der Waals surface area contributed by atoms with Gasteiger partial charge in [-0.05, 0) is 67.8 Å². The second-order valence-corrected chi connectivity index (χ2v) is 10.1. The van der Waals surface area contributed by atoms with Crippen LogP contribution in [-0.2, 0) is 9.53 Å². The number of ether oxygens (including phenoxy) is 1. The van der Waals surface area contributed by atoms with Crippen LogP contribution in [-0.4, -0.2) is 96.5 Å². The number of carbonyl (C=O) groups excluding carboxylic acids is 3. The number of aliphatic hydroxyl groups is 3. The lowest BCUT2D eigenvalue weighted by atomic mass is 10.1. The molecular formula is C18H23ClI3N3O7. The van der Waals surface area contributed by atoms with Crippen molar-refractivity contribution < 1.29 is 34.4 Å². The van der Waals surface area contributed by atoms with E-state index in [0.717, 1.165) is 0 Å². The fourth-order valence-corrected chi connectivity index (χ4v) is 6.95. The van der Waals surface area contributed by atoms with Gasteiger partial charge in [0.05, 0.1) is 48.6 Å². The second-order valence-electron chi connectivity index (χ2n) is 6.59. The summed E-state index contributed by atoms with van der Waals surface area (Å²) in [4.78, 5) is 39.6. The third kappa shape index (κ3) is 8.02. The van der Waals surface area contributed by atoms with Crippen molar-refractivity contribution in [2.75, 3.05) is 51.7 Å². The van der Waals surface area contributed by atoms with Crippen LogP contribution in [0.2, 0.25) is 0 Å². The van der Waals surface area contributed by atoms with E-state index >= 15 is 0 Å². The molecule has 2 unspecified atom stereocenters. The Hall–Kier alpha value is -0.0500. The third-order valence-electron chi connectivity index (χ3n) is 4.02. The summed E-state index contributed by atoms with van der Waals surface area (Å²) < 4.78 is 5.96. The van der Waals surface area contributed by atoms with Crippen LogP contribution in [0.5, 0.6) is 0 Å². The molecule has 1 rings (SSSR count). The molecule has 0 aliphatic carbocycles. The van der Waals surface area contributed by atoms with Gasteiger partial charge < -0.3 is 35.6 Å². The van der Waals surface area contributed by atoms with Crippen molar-refractivity contribution in [2.24, 2.45) is 0 Å². The van der Waals surface area contributed by atoms with Crippen LogP contribution < -0.4 is 10.6 Å². The molecule has 0 aromatic heterocycles. The average molecular weight is 810 g/mol. The van der Waals surface area contributed by atoms with Gasteiger partial charge in [-0.1, -0.05) is 0 Å². The Kier molecular flexibility index (Phi) is 13.5. The first-order valence-electron chi connectivity index (χ1n) is 9.05. The number of nitrogens with zero attached hydrogens (tertiary/aromatic N) is 1. The molecule has 0 saturated carbocycles. The zero-order valence-corrected chi connectivity index (χ0v) is 24.4. The molecule has 14 heteroatoms. The van der Waals surface area contributed by atoms with Gasteiger partial charge in [0.2, 0.25) is 5.91 Å². The van der Waals surface area contributed by atoms with E-state index in [1.807, 2.05) is 67.8 Å². The number of aliphatic hydroxyl groups excluding tert-OH is 3. The van der Waals surface area contributed by atoms with Crippen LogP contribution >= 0.6 is 79.4 Å². The predicted molar refractivity (Wildman–Crippen MR) is 144 cm³/mol. The molecule has 0 saturated heterocycles. The molecule has 0 spiro atoms. The number of nitrogens with one attached hydrogen (secondary N) is 2. The Morgan fingerprint density at radius 2 is 1.69 bits per heavy atom. The maximum atomic E-state index is 13.2. The maximum absolute atomic E-state index is 13.2. The molecule has 1 aromatic carbocycles. The molecule has 1 aromatic rings. The van der Waals surface area contributed by atoms with Crippen molar-refractivity contribution in [3.63, 3.8) is 0 Å². The topological polar surface area (TPSA) is 148 Å². The molecule has 0 bridgehead atoms. The number of benzene rings is 1. The Labute approximate surface area is 231 Å². The molecule has 0 radical (unpaired) electrons. The molecule has 2 atom stereocenters. The third-order valence-corrected chi connectivity index (χ3v) is 7.61. The summed E-state index contributed by atoms with van der Waals surface area (Å²) in [7, 11) is 2.85. The summed E-state index contributed by atoms with van der Waals surface area (Å²) in [5.74, 6) is -1.61. The number of halogens is 4. The molecule has 32 heavy (non-hydrogen) atoms. The summed E-state index contributed by atoms with van der Waals surface area (Å²) >= 11 is 11.3. The number of hydrogen-bond donors (Lipinski definition) is 5. The number of carbonyl (C=O) groups is 3. The number of anilines is 1. The Morgan fingerprint density at radius 1 is 1.09 bits per heavy atom. The number of amides is 3. The molecule has 0 aliphatic rings. The highest BCUT2D eigenvalue weighted by Gasteiger charge is 2.30. The molecular weight excluding hydrogens is 786 g/mol. The standard InChI is InChI=1S/C18H23ClI3N3O7/c1-25(5-8(27)3-19)18(31)12-13(20)11(17(30)23-4-9(28)6-26)14(21)16(15(12)22)24-10(29)7-32-2/h8-9,26-28H,3-7H2,1-2H3,(H,23,30)(H,24,29). The minimum Gasteiger partial charge on any atom is -0.394 e. The van der Waals surface area contributed by atoms with Gasteiger partial charge in [-0.2, -0.15) is 0 Å². The highest BCUT2D eigenvalue weighted by atomic mass is 127. The Bertz CT molecular complexity index is 860. The minimum absolute atomic E-state index is 0.0317. The van der Waals surface area contributed by atoms with E-state index in [0.29, 0.717) is 10.7 Å². The summed E-state index contributed by atoms with van der Waals surface area (Å²) in [6.07, 6.45) is -2.09. The smallest absolute Gasteiger partial charge is 0.255 e. The van der Waals surface area contributed by atoms with E-state index in [-0.39, 0.29) is 42.4 Å². The first-order valence-corrected chi connectivity index (χ1v) is 12.8. The van der Waals surface area contributed by atoms with Crippen molar-refractivity contribution in [2.45, 2.75) is 12.2 Å². The summed E-state index contributed by atoms with van der Waals surface area (Å²) in [5, 5.41) is 33.5. The van der Waals surface area contributed by atoms with Crippen LogP contribution in [0.1, 0.15) is 20.7 Å². The lowest BCUT2D eigenvalue weighted by Gasteiger charge is -2.24. The van der Waals surface area contributed by atoms with E-state index in [9.17, 15) is 24.6 Å². The first-order chi connectivity index (χ1) is 15.0. The SMILES string of the molecule is COCC(=O)Nc1c(I)c(C(=O)NCC(O)CO)c(I)c(C(=O)N(C)CC(O)CCl)c1I. The lowest BCUT2D eigenvalue weighted by Crippen LogP contribution is -2.38. The van der Waals surface area contributed by atoms with Crippen LogP contribution in [0.4, 0.5) is 5.69 Å². The number of alkyl halides is 1. The highest BCUT2D eigenvalue weighted by molar-refractivity contribution is 14.1. The first kappa shape index (κ1) is 30.0.